The van der Waals surface area contributed by atoms with E-state index in [0.717, 1.165) is 6.20 Å². The van der Waals surface area contributed by atoms with E-state index in [2.05, 4.69) is 4.98 Å². The molecule has 5 nitrogen and oxygen atoms in total. The van der Waals surface area contributed by atoms with Crippen LogP contribution in [-0.4, -0.2) is 9.91 Å². The van der Waals surface area contributed by atoms with Gasteiger partial charge in [-0.25, -0.2) is 8.78 Å². The van der Waals surface area contributed by atoms with Crippen LogP contribution in [0.1, 0.15) is 23.1 Å². The standard InChI is InChI=1S/C8H5F2N3O2/c1-4-5(2-11)3-12-8(13(14)15)6(4)7(9)10/h3,7H,1H3. The van der Waals surface area contributed by atoms with Gasteiger partial charge < -0.3 is 10.1 Å². The zero-order chi connectivity index (χ0) is 11.6. The molecule has 1 rings (SSSR count). The number of nitriles is 1. The zero-order valence-electron chi connectivity index (χ0n) is 7.57. The monoisotopic (exact) mass is 213 g/mol. The maximum Gasteiger partial charge on any atom is 0.372 e. The summed E-state index contributed by atoms with van der Waals surface area (Å²) in [6.07, 6.45) is -2.11. The molecule has 78 valence electrons. The van der Waals surface area contributed by atoms with Crippen molar-refractivity contribution in [2.45, 2.75) is 13.3 Å². The van der Waals surface area contributed by atoms with Crippen LogP contribution in [0.5, 0.6) is 0 Å². The molecule has 7 heteroatoms. The number of alkyl halides is 2. The molecule has 1 aromatic heterocycles. The lowest BCUT2D eigenvalue weighted by Crippen LogP contribution is -2.03. The highest BCUT2D eigenvalue weighted by Crippen LogP contribution is 2.31. The van der Waals surface area contributed by atoms with Crippen molar-refractivity contribution in [2.75, 3.05) is 0 Å². The summed E-state index contributed by atoms with van der Waals surface area (Å²) >= 11 is 0. The van der Waals surface area contributed by atoms with Gasteiger partial charge in [-0.2, -0.15) is 5.26 Å². The first-order valence-electron chi connectivity index (χ1n) is 3.81. The molecule has 0 aliphatic carbocycles. The summed E-state index contributed by atoms with van der Waals surface area (Å²) in [5.74, 6) is -0.901. The molecule has 0 unspecified atom stereocenters. The maximum absolute atomic E-state index is 12.5. The van der Waals surface area contributed by atoms with Crippen molar-refractivity contribution in [3.63, 3.8) is 0 Å². The summed E-state index contributed by atoms with van der Waals surface area (Å²) < 4.78 is 25.0. The number of aromatic nitrogens is 1. The number of nitrogens with zero attached hydrogens (tertiary/aromatic N) is 3. The molecule has 0 N–H and O–H groups in total. The topological polar surface area (TPSA) is 79.8 Å². The lowest BCUT2D eigenvalue weighted by molar-refractivity contribution is -0.391. The first-order valence-corrected chi connectivity index (χ1v) is 3.81. The van der Waals surface area contributed by atoms with Crippen molar-refractivity contribution >= 4 is 5.82 Å². The average Bonchev–Trinajstić information content (AvgIpc) is 2.16. The van der Waals surface area contributed by atoms with Crippen LogP contribution in [0.2, 0.25) is 0 Å². The molecule has 1 aromatic rings. The van der Waals surface area contributed by atoms with Gasteiger partial charge in [-0.3, -0.25) is 0 Å². The van der Waals surface area contributed by atoms with Crippen molar-refractivity contribution in [1.82, 2.24) is 4.98 Å². The molecule has 0 amide bonds. The van der Waals surface area contributed by atoms with Gasteiger partial charge >= 0.3 is 5.82 Å². The number of rotatable bonds is 2. The molecule has 0 atom stereocenters. The second kappa shape index (κ2) is 3.96. The number of nitro groups is 1. The van der Waals surface area contributed by atoms with Gasteiger partial charge in [0.2, 0.25) is 0 Å². The van der Waals surface area contributed by atoms with E-state index in [9.17, 15) is 18.9 Å². The van der Waals surface area contributed by atoms with Crippen LogP contribution >= 0.6 is 0 Å². The van der Waals surface area contributed by atoms with Gasteiger partial charge in [0.05, 0.1) is 5.56 Å². The van der Waals surface area contributed by atoms with Crippen molar-refractivity contribution in [3.05, 3.63) is 33.0 Å². The summed E-state index contributed by atoms with van der Waals surface area (Å²) in [5, 5.41) is 19.0. The first kappa shape index (κ1) is 11.0. The molecular formula is C8H5F2N3O2. The van der Waals surface area contributed by atoms with Crippen LogP contribution in [0.4, 0.5) is 14.6 Å². The predicted molar refractivity (Wildman–Crippen MR) is 45.3 cm³/mol. The van der Waals surface area contributed by atoms with Crippen LogP contribution in [0.25, 0.3) is 0 Å². The average molecular weight is 213 g/mol. The lowest BCUT2D eigenvalue weighted by Gasteiger charge is -2.05. The van der Waals surface area contributed by atoms with Gasteiger partial charge in [-0.1, -0.05) is 0 Å². The fourth-order valence-electron chi connectivity index (χ4n) is 1.12. The summed E-state index contributed by atoms with van der Waals surface area (Å²) in [4.78, 5) is 12.6. The number of hydrogen-bond acceptors (Lipinski definition) is 4. The van der Waals surface area contributed by atoms with Crippen molar-refractivity contribution in [2.24, 2.45) is 0 Å². The Labute approximate surface area is 83.1 Å². The van der Waals surface area contributed by atoms with Crippen LogP contribution in [-0.2, 0) is 0 Å². The van der Waals surface area contributed by atoms with Crippen molar-refractivity contribution in [3.8, 4) is 6.07 Å². The highest BCUT2D eigenvalue weighted by Gasteiger charge is 2.27. The summed E-state index contributed by atoms with van der Waals surface area (Å²) in [5.41, 5.74) is -0.982. The van der Waals surface area contributed by atoms with Gasteiger partial charge in [-0.05, 0) is 22.4 Å². The Kier molecular flexibility index (Phi) is 2.90. The Morgan fingerprint density at radius 1 is 1.67 bits per heavy atom. The van der Waals surface area contributed by atoms with E-state index in [0.29, 0.717) is 0 Å². The highest BCUT2D eigenvalue weighted by molar-refractivity contribution is 5.48. The molecule has 0 aromatic carbocycles. The van der Waals surface area contributed by atoms with E-state index in [1.165, 1.54) is 6.92 Å². The smallest absolute Gasteiger partial charge is 0.358 e. The Morgan fingerprint density at radius 3 is 2.67 bits per heavy atom. The Bertz CT molecular complexity index is 454. The van der Waals surface area contributed by atoms with Gasteiger partial charge in [0, 0.05) is 0 Å². The predicted octanol–water partition coefficient (Wildman–Crippen LogP) is 2.11. The van der Waals surface area contributed by atoms with Gasteiger partial charge in [-0.15, -0.1) is 0 Å². The third-order valence-electron chi connectivity index (χ3n) is 1.88. The third kappa shape index (κ3) is 1.88. The van der Waals surface area contributed by atoms with E-state index >= 15 is 0 Å². The van der Waals surface area contributed by atoms with E-state index in [4.69, 9.17) is 5.26 Å². The fourth-order valence-corrected chi connectivity index (χ4v) is 1.12. The van der Waals surface area contributed by atoms with Crippen molar-refractivity contribution < 1.29 is 13.7 Å². The Morgan fingerprint density at radius 2 is 2.27 bits per heavy atom. The Balaban J connectivity index is 3.53. The molecule has 0 fully saturated rings. The third-order valence-corrected chi connectivity index (χ3v) is 1.88. The quantitative estimate of drug-likeness (QED) is 0.556. The molecule has 0 spiro atoms. The lowest BCUT2D eigenvalue weighted by atomic mass is 10.1. The SMILES string of the molecule is Cc1c(C#N)cnc([N+](=O)[O-])c1C(F)F. The minimum Gasteiger partial charge on any atom is -0.358 e. The molecule has 1 heterocycles. The van der Waals surface area contributed by atoms with Gasteiger partial charge in [0.15, 0.2) is 6.20 Å². The molecule has 0 aliphatic rings. The van der Waals surface area contributed by atoms with E-state index in [-0.39, 0.29) is 11.1 Å². The summed E-state index contributed by atoms with van der Waals surface area (Å²) in [6, 6.07) is 1.64. The maximum atomic E-state index is 12.5. The normalized spacial score (nSPS) is 10.1. The van der Waals surface area contributed by atoms with Crippen molar-refractivity contribution in [1.29, 1.82) is 5.26 Å². The zero-order valence-corrected chi connectivity index (χ0v) is 7.57. The van der Waals surface area contributed by atoms with Crippen LogP contribution < -0.4 is 0 Å². The van der Waals surface area contributed by atoms with Gasteiger partial charge in [0.25, 0.3) is 6.43 Å². The number of pyridine rings is 1. The summed E-state index contributed by atoms with van der Waals surface area (Å²) in [7, 11) is 0. The molecule has 15 heavy (non-hydrogen) atoms. The van der Waals surface area contributed by atoms with E-state index < -0.39 is 22.7 Å². The van der Waals surface area contributed by atoms with Crippen LogP contribution in [0.15, 0.2) is 6.20 Å². The highest BCUT2D eigenvalue weighted by atomic mass is 19.3. The number of halogens is 2. The molecule has 0 saturated heterocycles. The Hall–Kier alpha value is -2.10. The molecular weight excluding hydrogens is 208 g/mol. The largest absolute Gasteiger partial charge is 0.372 e. The number of hydrogen-bond donors (Lipinski definition) is 0. The fraction of sp³-hybridized carbons (Fsp3) is 0.250. The minimum atomic E-state index is -3.02. The first-order chi connectivity index (χ1) is 6.99. The van der Waals surface area contributed by atoms with Gasteiger partial charge in [0.1, 0.15) is 11.6 Å². The second-order valence-corrected chi connectivity index (χ2v) is 2.70. The molecule has 0 radical (unpaired) electrons. The minimum absolute atomic E-state index is 0.0871. The van der Waals surface area contributed by atoms with Crippen LogP contribution in [0, 0.1) is 28.4 Å². The van der Waals surface area contributed by atoms with E-state index in [1.54, 1.807) is 6.07 Å². The molecule has 0 aliphatic heterocycles. The molecule has 0 saturated carbocycles. The second-order valence-electron chi connectivity index (χ2n) is 2.70. The summed E-state index contributed by atoms with van der Waals surface area (Å²) in [6.45, 7) is 1.23. The van der Waals surface area contributed by atoms with E-state index in [1.807, 2.05) is 0 Å². The van der Waals surface area contributed by atoms with Crippen LogP contribution in [0.3, 0.4) is 0 Å². The molecule has 0 bridgehead atoms.